The molecule has 2 aliphatic carbocycles. The van der Waals surface area contributed by atoms with Crippen LogP contribution in [-0.2, 0) is 30.5 Å². The summed E-state index contributed by atoms with van der Waals surface area (Å²) in [5, 5.41) is 0. The first-order valence-corrected chi connectivity index (χ1v) is 11.4. The Kier molecular flexibility index (Phi) is 4.16. The van der Waals surface area contributed by atoms with Gasteiger partial charge in [-0.25, -0.2) is 0 Å². The predicted molar refractivity (Wildman–Crippen MR) is 114 cm³/mol. The maximum Gasteiger partial charge on any atom is 0.211 e. The van der Waals surface area contributed by atoms with Gasteiger partial charge in [-0.1, -0.05) is 48.5 Å². The van der Waals surface area contributed by atoms with Gasteiger partial charge in [-0.3, -0.25) is 9.59 Å². The maximum absolute atomic E-state index is 13.9. The fourth-order valence-corrected chi connectivity index (χ4v) is 6.52. The first-order chi connectivity index (χ1) is 15.5. The summed E-state index contributed by atoms with van der Waals surface area (Å²) in [5.41, 5.74) is 0.480. The van der Waals surface area contributed by atoms with Gasteiger partial charge in [0.1, 0.15) is 10.8 Å². The highest BCUT2D eigenvalue weighted by Crippen LogP contribution is 2.67. The number of carbonyl (C=O) groups excluding carboxylic acids is 2. The van der Waals surface area contributed by atoms with Gasteiger partial charge in [0, 0.05) is 35.5 Å². The van der Waals surface area contributed by atoms with Crippen LogP contribution in [0.3, 0.4) is 0 Å². The molecule has 4 atom stereocenters. The molecule has 6 nitrogen and oxygen atoms in total. The molecule has 166 valence electrons. The number of rotatable bonds is 4. The van der Waals surface area contributed by atoms with Crippen LogP contribution in [0.1, 0.15) is 58.5 Å². The molecule has 2 fully saturated rings. The maximum atomic E-state index is 13.9. The van der Waals surface area contributed by atoms with Crippen molar-refractivity contribution in [3.8, 4) is 0 Å². The van der Waals surface area contributed by atoms with E-state index in [-0.39, 0.29) is 24.8 Å². The monoisotopic (exact) mass is 434 g/mol. The standard InChI is InChI=1S/C26H26O6/c1-3-29-25-19-11-7-5-9-17(19)21(27)23(25)13-14-24(16-31-25)22(28)18-10-6-8-12-20(18)26(24,30-4-2)32-15-23/h5-12H,3-4,13-16H2,1-2H3/t23?,24?,25-,26?/m0/s1. The molecule has 2 bridgehead atoms. The van der Waals surface area contributed by atoms with Crippen molar-refractivity contribution >= 4 is 11.6 Å². The molecule has 0 amide bonds. The van der Waals surface area contributed by atoms with Crippen molar-refractivity contribution in [1.82, 2.24) is 0 Å². The SMILES string of the molecule is CCOC12OCC34CCC1(CO[C@@]3(OCC)c1ccccc1C4=O)C(=O)c1ccccc12. The quantitative estimate of drug-likeness (QED) is 0.725. The molecule has 0 aromatic heterocycles. The van der Waals surface area contributed by atoms with Gasteiger partial charge in [0.2, 0.25) is 11.6 Å². The Balaban J connectivity index is 1.60. The molecule has 0 saturated carbocycles. The van der Waals surface area contributed by atoms with Crippen LogP contribution in [0.15, 0.2) is 48.5 Å². The summed E-state index contributed by atoms with van der Waals surface area (Å²) < 4.78 is 26.0. The predicted octanol–water partition coefficient (Wildman–Crippen LogP) is 3.97. The van der Waals surface area contributed by atoms with Crippen molar-refractivity contribution in [3.63, 3.8) is 0 Å². The van der Waals surface area contributed by atoms with E-state index in [2.05, 4.69) is 0 Å². The van der Waals surface area contributed by atoms with E-state index in [0.717, 1.165) is 11.1 Å². The van der Waals surface area contributed by atoms with Gasteiger partial charge < -0.3 is 18.9 Å². The second-order valence-electron chi connectivity index (χ2n) is 9.09. The van der Waals surface area contributed by atoms with Crippen molar-refractivity contribution < 1.29 is 28.5 Å². The minimum Gasteiger partial charge on any atom is -0.345 e. The zero-order valence-electron chi connectivity index (χ0n) is 18.3. The van der Waals surface area contributed by atoms with Crippen molar-refractivity contribution in [1.29, 1.82) is 0 Å². The molecular weight excluding hydrogens is 408 g/mol. The molecule has 32 heavy (non-hydrogen) atoms. The molecule has 2 spiro atoms. The normalized spacial score (nSPS) is 36.8. The van der Waals surface area contributed by atoms with Crippen LogP contribution < -0.4 is 0 Å². The highest BCUT2D eigenvalue weighted by Gasteiger charge is 2.76. The third-order valence-corrected chi connectivity index (χ3v) is 7.90. The van der Waals surface area contributed by atoms with E-state index in [1.807, 2.05) is 62.4 Å². The minimum atomic E-state index is -1.29. The Morgan fingerprint density at radius 2 is 1.12 bits per heavy atom. The molecule has 2 heterocycles. The summed E-state index contributed by atoms with van der Waals surface area (Å²) in [6.45, 7) is 4.60. The van der Waals surface area contributed by atoms with Gasteiger partial charge in [0.05, 0.1) is 13.2 Å². The van der Waals surface area contributed by atoms with Crippen LogP contribution in [0.2, 0.25) is 0 Å². The van der Waals surface area contributed by atoms with Crippen LogP contribution in [0.25, 0.3) is 0 Å². The summed E-state index contributed by atoms with van der Waals surface area (Å²) in [7, 11) is 0. The van der Waals surface area contributed by atoms with E-state index < -0.39 is 22.4 Å². The lowest BCUT2D eigenvalue weighted by Crippen LogP contribution is -2.57. The second kappa shape index (κ2) is 6.58. The van der Waals surface area contributed by atoms with Gasteiger partial charge in [-0.2, -0.15) is 0 Å². The highest BCUT2D eigenvalue weighted by atomic mass is 16.7. The summed E-state index contributed by atoms with van der Waals surface area (Å²) >= 11 is 0. The Morgan fingerprint density at radius 1 is 0.719 bits per heavy atom. The average Bonchev–Trinajstić information content (AvgIpc) is 2.99. The number of hydrogen-bond acceptors (Lipinski definition) is 6. The molecule has 4 aliphatic rings. The summed E-state index contributed by atoms with van der Waals surface area (Å²) in [6, 6.07) is 14.9. The van der Waals surface area contributed by atoms with Crippen LogP contribution in [0.5, 0.6) is 0 Å². The lowest BCUT2D eigenvalue weighted by molar-refractivity contribution is -0.364. The molecule has 3 unspecified atom stereocenters. The Bertz CT molecular complexity index is 1050. The number of hydrogen-bond donors (Lipinski definition) is 0. The van der Waals surface area contributed by atoms with Crippen molar-refractivity contribution in [3.05, 3.63) is 70.8 Å². The van der Waals surface area contributed by atoms with Gasteiger partial charge in [-0.05, 0) is 26.7 Å². The van der Waals surface area contributed by atoms with E-state index >= 15 is 0 Å². The number of carbonyl (C=O) groups is 2. The second-order valence-corrected chi connectivity index (χ2v) is 9.09. The fraction of sp³-hybridized carbons (Fsp3) is 0.462. The molecule has 6 rings (SSSR count). The van der Waals surface area contributed by atoms with Gasteiger partial charge >= 0.3 is 0 Å². The van der Waals surface area contributed by atoms with Gasteiger partial charge in [0.15, 0.2) is 11.6 Å². The largest absolute Gasteiger partial charge is 0.345 e. The summed E-state index contributed by atoms with van der Waals surface area (Å²) in [6.07, 6.45) is 0.824. The molecule has 2 aromatic rings. The third-order valence-electron chi connectivity index (χ3n) is 7.90. The minimum absolute atomic E-state index is 0.0455. The van der Waals surface area contributed by atoms with E-state index in [0.29, 0.717) is 37.2 Å². The Morgan fingerprint density at radius 3 is 1.53 bits per heavy atom. The van der Waals surface area contributed by atoms with E-state index in [9.17, 15) is 9.59 Å². The number of Topliss-reactive ketones (excluding diaryl/α,β-unsaturated/α-hetero) is 2. The fourth-order valence-electron chi connectivity index (χ4n) is 6.52. The molecule has 2 aliphatic heterocycles. The smallest absolute Gasteiger partial charge is 0.211 e. The van der Waals surface area contributed by atoms with Gasteiger partial charge in [-0.15, -0.1) is 0 Å². The lowest BCUT2D eigenvalue weighted by atomic mass is 9.71. The first kappa shape index (κ1) is 20.2. The zero-order chi connectivity index (χ0) is 22.2. The average molecular weight is 434 g/mol. The highest BCUT2D eigenvalue weighted by molar-refractivity contribution is 6.08. The van der Waals surface area contributed by atoms with E-state index in [1.54, 1.807) is 0 Å². The Labute approximate surface area is 186 Å². The lowest BCUT2D eigenvalue weighted by Gasteiger charge is -2.48. The first-order valence-electron chi connectivity index (χ1n) is 11.4. The van der Waals surface area contributed by atoms with E-state index in [1.165, 1.54) is 0 Å². The molecule has 2 saturated heterocycles. The van der Waals surface area contributed by atoms with Crippen LogP contribution in [-0.4, -0.2) is 38.0 Å². The molecule has 0 radical (unpaired) electrons. The number of fused-ring (bicyclic) bond motifs is 5. The third kappa shape index (κ3) is 2.01. The molecule has 0 N–H and O–H groups in total. The Hall–Kier alpha value is -2.38. The van der Waals surface area contributed by atoms with Crippen LogP contribution in [0, 0.1) is 10.8 Å². The van der Waals surface area contributed by atoms with Crippen molar-refractivity contribution in [2.45, 2.75) is 38.3 Å². The number of benzene rings is 2. The number of ketones is 2. The topological polar surface area (TPSA) is 71.1 Å². The molecular formula is C26H26O6. The molecule has 6 heteroatoms. The number of ether oxygens (including phenoxy) is 4. The summed E-state index contributed by atoms with van der Waals surface area (Å²) in [5.74, 6) is -2.67. The van der Waals surface area contributed by atoms with Crippen molar-refractivity contribution in [2.24, 2.45) is 10.8 Å². The van der Waals surface area contributed by atoms with E-state index in [4.69, 9.17) is 18.9 Å². The van der Waals surface area contributed by atoms with Crippen LogP contribution in [0.4, 0.5) is 0 Å². The molecule has 2 aromatic carbocycles. The van der Waals surface area contributed by atoms with Gasteiger partial charge in [0.25, 0.3) is 0 Å². The van der Waals surface area contributed by atoms with Crippen LogP contribution >= 0.6 is 0 Å². The van der Waals surface area contributed by atoms with Crippen molar-refractivity contribution in [2.75, 3.05) is 26.4 Å². The summed E-state index contributed by atoms with van der Waals surface area (Å²) in [4.78, 5) is 27.9. The zero-order valence-corrected chi connectivity index (χ0v) is 18.3.